The number of ether oxygens (including phenoxy) is 1. The van der Waals surface area contributed by atoms with Crippen molar-refractivity contribution in [1.82, 2.24) is 14.9 Å². The molecule has 2 rings (SSSR count). The highest BCUT2D eigenvalue weighted by molar-refractivity contribution is 5.94. The Morgan fingerprint density at radius 2 is 2.04 bits per heavy atom. The lowest BCUT2D eigenvalue weighted by Gasteiger charge is -2.08. The van der Waals surface area contributed by atoms with Crippen LogP contribution in [0.3, 0.4) is 0 Å². The first kappa shape index (κ1) is 17.1. The van der Waals surface area contributed by atoms with Crippen LogP contribution >= 0.6 is 0 Å². The first-order chi connectivity index (χ1) is 11.3. The Labute approximate surface area is 137 Å². The smallest absolute Gasteiger partial charge is 0.251 e. The molecule has 2 aromatic rings. The third-order valence-corrected chi connectivity index (χ3v) is 3.57. The highest BCUT2D eigenvalue weighted by atomic mass is 16.5. The molecule has 0 aliphatic heterocycles. The number of rotatable bonds is 10. The molecule has 124 valence electrons. The molecule has 0 unspecified atom stereocenters. The number of aromatic nitrogens is 2. The molecule has 0 aliphatic rings. The van der Waals surface area contributed by atoms with Crippen molar-refractivity contribution in [2.24, 2.45) is 0 Å². The zero-order valence-corrected chi connectivity index (χ0v) is 13.7. The second-order valence-electron chi connectivity index (χ2n) is 5.49. The van der Waals surface area contributed by atoms with Gasteiger partial charge in [-0.1, -0.05) is 19.8 Å². The summed E-state index contributed by atoms with van der Waals surface area (Å²) in [6.45, 7) is 4.40. The highest BCUT2D eigenvalue weighted by Gasteiger charge is 2.05. The minimum Gasteiger partial charge on any atom is -0.494 e. The minimum absolute atomic E-state index is 0.0480. The number of unbranched alkanes of at least 4 members (excludes halogenated alkanes) is 2. The van der Waals surface area contributed by atoms with Gasteiger partial charge in [0.1, 0.15) is 5.75 Å². The van der Waals surface area contributed by atoms with Gasteiger partial charge in [-0.15, -0.1) is 0 Å². The third kappa shape index (κ3) is 6.14. The zero-order chi connectivity index (χ0) is 16.3. The van der Waals surface area contributed by atoms with E-state index in [4.69, 9.17) is 4.74 Å². The molecule has 23 heavy (non-hydrogen) atoms. The maximum absolute atomic E-state index is 12.0. The molecular formula is C18H25N3O2. The number of carbonyl (C=O) groups is 1. The number of nitrogens with one attached hydrogen (secondary N) is 1. The number of carbonyl (C=O) groups excluding carboxylic acids is 1. The van der Waals surface area contributed by atoms with E-state index in [-0.39, 0.29) is 5.91 Å². The van der Waals surface area contributed by atoms with Gasteiger partial charge >= 0.3 is 0 Å². The number of benzene rings is 1. The van der Waals surface area contributed by atoms with Crippen LogP contribution in [0.4, 0.5) is 0 Å². The van der Waals surface area contributed by atoms with Gasteiger partial charge in [-0.2, -0.15) is 0 Å². The Morgan fingerprint density at radius 1 is 1.22 bits per heavy atom. The van der Waals surface area contributed by atoms with Crippen molar-refractivity contribution in [3.05, 3.63) is 48.5 Å². The monoisotopic (exact) mass is 315 g/mol. The standard InChI is InChI=1S/C18H25N3O2/c1-2-3-4-14-23-17-8-6-16(7-9-17)18(22)20-10-5-12-21-13-11-19-15-21/h6-9,11,13,15H,2-5,10,12,14H2,1H3,(H,20,22). The topological polar surface area (TPSA) is 56.1 Å². The van der Waals surface area contributed by atoms with Crippen LogP contribution in [-0.4, -0.2) is 28.6 Å². The fraction of sp³-hybridized carbons (Fsp3) is 0.444. The van der Waals surface area contributed by atoms with Crippen molar-refractivity contribution in [2.75, 3.05) is 13.2 Å². The van der Waals surface area contributed by atoms with Gasteiger partial charge in [-0.3, -0.25) is 4.79 Å². The van der Waals surface area contributed by atoms with E-state index in [1.54, 1.807) is 24.7 Å². The van der Waals surface area contributed by atoms with Crippen molar-refractivity contribution in [2.45, 2.75) is 39.2 Å². The van der Waals surface area contributed by atoms with Gasteiger partial charge < -0.3 is 14.6 Å². The van der Waals surface area contributed by atoms with Crippen LogP contribution in [0.1, 0.15) is 43.0 Å². The summed E-state index contributed by atoms with van der Waals surface area (Å²) in [5, 5.41) is 2.93. The SMILES string of the molecule is CCCCCOc1ccc(C(=O)NCCCn2ccnc2)cc1. The molecule has 0 atom stereocenters. The van der Waals surface area contributed by atoms with E-state index >= 15 is 0 Å². The summed E-state index contributed by atoms with van der Waals surface area (Å²) in [5.74, 6) is 0.769. The molecule has 0 fully saturated rings. The summed E-state index contributed by atoms with van der Waals surface area (Å²) in [6, 6.07) is 7.32. The lowest BCUT2D eigenvalue weighted by molar-refractivity contribution is 0.0952. The van der Waals surface area contributed by atoms with Gasteiger partial charge in [0.2, 0.25) is 0 Å². The first-order valence-electron chi connectivity index (χ1n) is 8.26. The summed E-state index contributed by atoms with van der Waals surface area (Å²) in [6.07, 6.45) is 9.76. The first-order valence-corrected chi connectivity index (χ1v) is 8.26. The maximum Gasteiger partial charge on any atom is 0.251 e. The van der Waals surface area contributed by atoms with Crippen LogP contribution < -0.4 is 10.1 Å². The normalized spacial score (nSPS) is 10.5. The van der Waals surface area contributed by atoms with Gasteiger partial charge in [-0.25, -0.2) is 4.98 Å². The Morgan fingerprint density at radius 3 is 2.74 bits per heavy atom. The molecule has 5 nitrogen and oxygen atoms in total. The fourth-order valence-corrected chi connectivity index (χ4v) is 2.23. The lowest BCUT2D eigenvalue weighted by atomic mass is 10.2. The highest BCUT2D eigenvalue weighted by Crippen LogP contribution is 2.13. The molecule has 0 aliphatic carbocycles. The average molecular weight is 315 g/mol. The molecule has 0 radical (unpaired) electrons. The van der Waals surface area contributed by atoms with E-state index in [0.717, 1.165) is 31.7 Å². The molecule has 1 aromatic carbocycles. The Hall–Kier alpha value is -2.30. The molecule has 1 amide bonds. The van der Waals surface area contributed by atoms with Gasteiger partial charge in [0.25, 0.3) is 5.91 Å². The van der Waals surface area contributed by atoms with E-state index in [1.165, 1.54) is 12.8 Å². The van der Waals surface area contributed by atoms with E-state index in [0.29, 0.717) is 12.1 Å². The Kier molecular flexibility index (Phi) is 7.17. The second kappa shape index (κ2) is 9.66. The second-order valence-corrected chi connectivity index (χ2v) is 5.49. The van der Waals surface area contributed by atoms with E-state index in [1.807, 2.05) is 22.9 Å². The molecule has 5 heteroatoms. The van der Waals surface area contributed by atoms with Crippen LogP contribution in [0.25, 0.3) is 0 Å². The Bertz CT molecular complexity index is 564. The fourth-order valence-electron chi connectivity index (χ4n) is 2.23. The van der Waals surface area contributed by atoms with E-state index in [9.17, 15) is 4.79 Å². The number of imidazole rings is 1. The summed E-state index contributed by atoms with van der Waals surface area (Å²) in [5.41, 5.74) is 0.661. The number of hydrogen-bond donors (Lipinski definition) is 1. The number of nitrogens with zero attached hydrogens (tertiary/aromatic N) is 2. The summed E-state index contributed by atoms with van der Waals surface area (Å²) >= 11 is 0. The van der Waals surface area contributed by atoms with E-state index < -0.39 is 0 Å². The molecule has 1 heterocycles. The van der Waals surface area contributed by atoms with Gasteiger partial charge in [0.05, 0.1) is 12.9 Å². The molecular weight excluding hydrogens is 290 g/mol. The van der Waals surface area contributed by atoms with Crippen molar-refractivity contribution in [1.29, 1.82) is 0 Å². The quantitative estimate of drug-likeness (QED) is 0.685. The number of aryl methyl sites for hydroxylation is 1. The van der Waals surface area contributed by atoms with Crippen molar-refractivity contribution in [3.63, 3.8) is 0 Å². The number of hydrogen-bond acceptors (Lipinski definition) is 3. The van der Waals surface area contributed by atoms with Crippen LogP contribution in [0.15, 0.2) is 43.0 Å². The minimum atomic E-state index is -0.0480. The largest absolute Gasteiger partial charge is 0.494 e. The molecule has 1 N–H and O–H groups in total. The molecule has 1 aromatic heterocycles. The molecule has 0 saturated carbocycles. The van der Waals surface area contributed by atoms with E-state index in [2.05, 4.69) is 17.2 Å². The predicted octanol–water partition coefficient (Wildman–Crippen LogP) is 3.27. The van der Waals surface area contributed by atoms with Crippen molar-refractivity contribution < 1.29 is 9.53 Å². The number of amides is 1. The van der Waals surface area contributed by atoms with Gasteiger partial charge in [-0.05, 0) is 37.1 Å². The summed E-state index contributed by atoms with van der Waals surface area (Å²) in [7, 11) is 0. The molecule has 0 spiro atoms. The third-order valence-electron chi connectivity index (χ3n) is 3.57. The van der Waals surface area contributed by atoms with Crippen LogP contribution in [0, 0.1) is 0 Å². The van der Waals surface area contributed by atoms with Gasteiger partial charge in [0, 0.05) is 31.0 Å². The summed E-state index contributed by atoms with van der Waals surface area (Å²) < 4.78 is 7.64. The van der Waals surface area contributed by atoms with Crippen molar-refractivity contribution >= 4 is 5.91 Å². The average Bonchev–Trinajstić information content (AvgIpc) is 3.09. The van der Waals surface area contributed by atoms with Crippen LogP contribution in [-0.2, 0) is 6.54 Å². The lowest BCUT2D eigenvalue weighted by Crippen LogP contribution is -2.25. The maximum atomic E-state index is 12.0. The van der Waals surface area contributed by atoms with Crippen LogP contribution in [0.5, 0.6) is 5.75 Å². The van der Waals surface area contributed by atoms with Crippen LogP contribution in [0.2, 0.25) is 0 Å². The van der Waals surface area contributed by atoms with Gasteiger partial charge in [0.15, 0.2) is 0 Å². The Balaban J connectivity index is 1.67. The predicted molar refractivity (Wildman–Crippen MR) is 90.6 cm³/mol. The molecule has 0 saturated heterocycles. The summed E-state index contributed by atoms with van der Waals surface area (Å²) in [4.78, 5) is 16.0. The zero-order valence-electron chi connectivity index (χ0n) is 13.7. The molecule has 0 bridgehead atoms. The van der Waals surface area contributed by atoms with Crippen molar-refractivity contribution in [3.8, 4) is 5.75 Å².